The van der Waals surface area contributed by atoms with E-state index >= 15 is 0 Å². The first kappa shape index (κ1) is 20.8. The van der Waals surface area contributed by atoms with Crippen LogP contribution in [0, 0.1) is 17.6 Å². The van der Waals surface area contributed by atoms with Crippen LogP contribution in [0.5, 0.6) is 0 Å². The molecule has 1 aromatic carbocycles. The third-order valence-corrected chi connectivity index (χ3v) is 5.56. The van der Waals surface area contributed by atoms with E-state index in [1.54, 1.807) is 0 Å². The molecule has 1 unspecified atom stereocenters. The van der Waals surface area contributed by atoms with Gasteiger partial charge in [-0.15, -0.1) is 10.2 Å². The van der Waals surface area contributed by atoms with Crippen LogP contribution in [0.2, 0.25) is 0 Å². The van der Waals surface area contributed by atoms with Crippen LogP contribution in [0.25, 0.3) is 0 Å². The molecular formula is C18H25F2N5O2S. The molecule has 0 saturated heterocycles. The molecule has 10 heteroatoms. The van der Waals surface area contributed by atoms with Crippen LogP contribution in [0.1, 0.15) is 37.1 Å². The fourth-order valence-electron chi connectivity index (χ4n) is 3.40. The van der Waals surface area contributed by atoms with Gasteiger partial charge in [0.1, 0.15) is 17.5 Å². The van der Waals surface area contributed by atoms with Gasteiger partial charge in [0, 0.05) is 38.2 Å². The second-order valence-corrected chi connectivity index (χ2v) is 9.24. The van der Waals surface area contributed by atoms with Gasteiger partial charge >= 0.3 is 0 Å². The van der Waals surface area contributed by atoms with E-state index in [-0.39, 0.29) is 18.0 Å². The van der Waals surface area contributed by atoms with Gasteiger partial charge in [0.25, 0.3) is 0 Å². The summed E-state index contributed by atoms with van der Waals surface area (Å²) in [5.41, 5.74) is 0.0548. The molecule has 1 N–H and O–H groups in total. The molecule has 3 rings (SSSR count). The Hall–Kier alpha value is -1.91. The first-order valence-corrected chi connectivity index (χ1v) is 11.1. The van der Waals surface area contributed by atoms with E-state index in [0.29, 0.717) is 31.9 Å². The van der Waals surface area contributed by atoms with Gasteiger partial charge < -0.3 is 4.57 Å². The lowest BCUT2D eigenvalue weighted by atomic mass is 10.1. The Morgan fingerprint density at radius 3 is 2.43 bits per heavy atom. The number of benzene rings is 1. The Morgan fingerprint density at radius 1 is 1.14 bits per heavy atom. The fourth-order valence-corrected chi connectivity index (χ4v) is 4.24. The fraction of sp³-hybridized carbons (Fsp3) is 0.556. The monoisotopic (exact) mass is 413 g/mol. The van der Waals surface area contributed by atoms with Gasteiger partial charge in [-0.05, 0) is 18.1 Å². The summed E-state index contributed by atoms with van der Waals surface area (Å²) in [7, 11) is -3.42. The summed E-state index contributed by atoms with van der Waals surface area (Å²) in [6.07, 6.45) is 1.68. The lowest BCUT2D eigenvalue weighted by Crippen LogP contribution is -2.33. The van der Waals surface area contributed by atoms with E-state index in [4.69, 9.17) is 0 Å². The first-order valence-electron chi connectivity index (χ1n) is 9.20. The van der Waals surface area contributed by atoms with Gasteiger partial charge in [-0.3, -0.25) is 4.90 Å². The van der Waals surface area contributed by atoms with Crippen molar-refractivity contribution in [2.24, 2.45) is 5.92 Å². The zero-order chi connectivity index (χ0) is 20.5. The van der Waals surface area contributed by atoms with Crippen molar-refractivity contribution in [3.63, 3.8) is 0 Å². The molecule has 28 heavy (non-hydrogen) atoms. The van der Waals surface area contributed by atoms with Crippen LogP contribution in [0.15, 0.2) is 18.2 Å². The smallest absolute Gasteiger partial charge is 0.209 e. The average Bonchev–Trinajstić information content (AvgIpc) is 2.89. The van der Waals surface area contributed by atoms with Crippen molar-refractivity contribution in [3.8, 4) is 0 Å². The Morgan fingerprint density at radius 2 is 1.82 bits per heavy atom. The normalized spacial score (nSPS) is 16.8. The van der Waals surface area contributed by atoms with Crippen LogP contribution >= 0.6 is 0 Å². The van der Waals surface area contributed by atoms with Crippen LogP contribution in [-0.2, 0) is 29.5 Å². The highest BCUT2D eigenvalue weighted by Gasteiger charge is 2.28. The number of sulfonamides is 1. The Labute approximate surface area is 163 Å². The minimum Gasteiger partial charge on any atom is -0.312 e. The molecular weight excluding hydrogens is 388 g/mol. The van der Waals surface area contributed by atoms with E-state index in [2.05, 4.69) is 14.9 Å². The first-order chi connectivity index (χ1) is 13.2. The van der Waals surface area contributed by atoms with Crippen LogP contribution in [0.3, 0.4) is 0 Å². The number of nitrogens with one attached hydrogen (secondary N) is 1. The summed E-state index contributed by atoms with van der Waals surface area (Å²) >= 11 is 0. The van der Waals surface area contributed by atoms with Crippen molar-refractivity contribution in [1.29, 1.82) is 0 Å². The van der Waals surface area contributed by atoms with Crippen molar-refractivity contribution < 1.29 is 17.2 Å². The lowest BCUT2D eigenvalue weighted by Gasteiger charge is -2.23. The number of aromatic nitrogens is 3. The van der Waals surface area contributed by atoms with E-state index in [1.165, 1.54) is 18.2 Å². The maximum absolute atomic E-state index is 14.0. The number of rotatable bonds is 6. The Kier molecular flexibility index (Phi) is 6.11. The van der Waals surface area contributed by atoms with E-state index in [1.807, 2.05) is 23.3 Å². The molecule has 0 bridgehead atoms. The number of fused-ring (bicyclic) bond motifs is 1. The van der Waals surface area contributed by atoms with Crippen molar-refractivity contribution in [1.82, 2.24) is 24.4 Å². The third kappa shape index (κ3) is 4.73. The molecule has 0 aliphatic carbocycles. The molecule has 1 atom stereocenters. The molecule has 2 aromatic rings. The van der Waals surface area contributed by atoms with Crippen molar-refractivity contribution >= 4 is 10.0 Å². The van der Waals surface area contributed by atoms with E-state index in [9.17, 15) is 17.2 Å². The van der Waals surface area contributed by atoms with Gasteiger partial charge in [-0.1, -0.05) is 19.9 Å². The number of halogens is 2. The number of nitrogens with zero attached hydrogens (tertiary/aromatic N) is 4. The summed E-state index contributed by atoms with van der Waals surface area (Å²) < 4.78 is 56.0. The molecule has 1 aliphatic heterocycles. The van der Waals surface area contributed by atoms with Gasteiger partial charge in [-0.2, -0.15) is 0 Å². The van der Waals surface area contributed by atoms with E-state index < -0.39 is 27.7 Å². The molecule has 1 aliphatic rings. The Balaban J connectivity index is 1.79. The molecule has 0 amide bonds. The van der Waals surface area contributed by atoms with Crippen molar-refractivity contribution in [3.05, 3.63) is 47.0 Å². The summed E-state index contributed by atoms with van der Waals surface area (Å²) in [4.78, 5) is 1.97. The second-order valence-electron chi connectivity index (χ2n) is 7.46. The Bertz CT molecular complexity index is 925. The SMILES string of the molecule is CC(C)C(NS(C)(=O)=O)c1nnc2n1CCN(Cc1c(F)cccc1F)CC2. The highest BCUT2D eigenvalue weighted by molar-refractivity contribution is 7.88. The molecule has 154 valence electrons. The summed E-state index contributed by atoms with van der Waals surface area (Å²) in [6, 6.07) is 3.37. The maximum atomic E-state index is 14.0. The molecule has 1 aromatic heterocycles. The summed E-state index contributed by atoms with van der Waals surface area (Å²) in [5, 5.41) is 8.46. The van der Waals surface area contributed by atoms with Gasteiger partial charge in [0.2, 0.25) is 10.0 Å². The molecule has 0 fully saturated rings. The quantitative estimate of drug-likeness (QED) is 0.782. The zero-order valence-electron chi connectivity index (χ0n) is 16.2. The predicted octanol–water partition coefficient (Wildman–Crippen LogP) is 1.86. The highest BCUT2D eigenvalue weighted by Crippen LogP contribution is 2.24. The topological polar surface area (TPSA) is 80.1 Å². The number of hydrogen-bond acceptors (Lipinski definition) is 5. The molecule has 0 saturated carbocycles. The minimum atomic E-state index is -3.42. The second kappa shape index (κ2) is 8.22. The largest absolute Gasteiger partial charge is 0.312 e. The highest BCUT2D eigenvalue weighted by atomic mass is 32.2. The van der Waals surface area contributed by atoms with Gasteiger partial charge in [0.05, 0.1) is 12.3 Å². The summed E-state index contributed by atoms with van der Waals surface area (Å²) in [6.45, 7) is 5.64. The summed E-state index contributed by atoms with van der Waals surface area (Å²) in [5.74, 6) is 0.180. The van der Waals surface area contributed by atoms with Crippen LogP contribution in [-0.4, -0.2) is 47.4 Å². The average molecular weight is 413 g/mol. The minimum absolute atomic E-state index is 0.0186. The lowest BCUT2D eigenvalue weighted by molar-refractivity contribution is 0.261. The molecule has 0 radical (unpaired) electrons. The van der Waals surface area contributed by atoms with Gasteiger partial charge in [0.15, 0.2) is 5.82 Å². The molecule has 7 nitrogen and oxygen atoms in total. The third-order valence-electron chi connectivity index (χ3n) is 4.88. The van der Waals surface area contributed by atoms with Crippen LogP contribution < -0.4 is 4.72 Å². The molecule has 2 heterocycles. The maximum Gasteiger partial charge on any atom is 0.209 e. The van der Waals surface area contributed by atoms with E-state index in [0.717, 1.165) is 12.1 Å². The van der Waals surface area contributed by atoms with Crippen molar-refractivity contribution in [2.75, 3.05) is 19.3 Å². The number of hydrogen-bond donors (Lipinski definition) is 1. The zero-order valence-corrected chi connectivity index (χ0v) is 17.0. The molecule has 0 spiro atoms. The van der Waals surface area contributed by atoms with Crippen molar-refractivity contribution in [2.45, 2.75) is 39.4 Å². The predicted molar refractivity (Wildman–Crippen MR) is 101 cm³/mol. The van der Waals surface area contributed by atoms with Crippen LogP contribution in [0.4, 0.5) is 8.78 Å². The van der Waals surface area contributed by atoms with Gasteiger partial charge in [-0.25, -0.2) is 21.9 Å². The standard InChI is InChI=1S/C18H25F2N5O2S/c1-12(2)17(23-28(3,26)27)18-22-21-16-7-8-24(9-10-25(16)18)11-13-14(19)5-4-6-15(13)20/h4-6,12,17,23H,7-11H2,1-3H3.